The number of nitrogens with zero attached hydrogens (tertiary/aromatic N) is 2. The van der Waals surface area contributed by atoms with E-state index in [0.29, 0.717) is 21.8 Å². The fourth-order valence-corrected chi connectivity index (χ4v) is 4.08. The molecule has 0 saturated heterocycles. The van der Waals surface area contributed by atoms with Gasteiger partial charge in [0.15, 0.2) is 0 Å². The van der Waals surface area contributed by atoms with Crippen molar-refractivity contribution in [1.29, 1.82) is 0 Å². The predicted molar refractivity (Wildman–Crippen MR) is 111 cm³/mol. The first-order valence-electron chi connectivity index (χ1n) is 8.99. The van der Waals surface area contributed by atoms with Gasteiger partial charge in [0.25, 0.3) is 5.56 Å². The Bertz CT molecular complexity index is 1210. The molecule has 29 heavy (non-hydrogen) atoms. The second kappa shape index (κ2) is 7.92. The monoisotopic (exact) mass is 409 g/mol. The highest BCUT2D eigenvalue weighted by molar-refractivity contribution is 7.17. The minimum atomic E-state index is -0.283. The number of hydrogen-bond acceptors (Lipinski definition) is 6. The molecule has 0 saturated carbocycles. The molecule has 0 spiro atoms. The number of amides is 1. The first-order chi connectivity index (χ1) is 14.1. The van der Waals surface area contributed by atoms with Gasteiger partial charge in [0.05, 0.1) is 25.3 Å². The topological polar surface area (TPSA) is 86.4 Å². The van der Waals surface area contributed by atoms with E-state index in [0.717, 1.165) is 16.9 Å². The van der Waals surface area contributed by atoms with Crippen molar-refractivity contribution in [2.24, 2.45) is 0 Å². The van der Waals surface area contributed by atoms with E-state index in [1.165, 1.54) is 15.9 Å². The van der Waals surface area contributed by atoms with Crippen LogP contribution in [-0.4, -0.2) is 22.6 Å². The molecule has 0 aliphatic rings. The lowest BCUT2D eigenvalue weighted by atomic mass is 10.1. The van der Waals surface area contributed by atoms with Gasteiger partial charge in [-0.3, -0.25) is 14.2 Å². The predicted octanol–water partition coefficient (Wildman–Crippen LogP) is 3.35. The van der Waals surface area contributed by atoms with Gasteiger partial charge in [0, 0.05) is 10.9 Å². The van der Waals surface area contributed by atoms with Crippen LogP contribution in [0, 0.1) is 6.92 Å². The normalized spacial score (nSPS) is 11.0. The van der Waals surface area contributed by atoms with Crippen molar-refractivity contribution in [1.82, 2.24) is 14.9 Å². The van der Waals surface area contributed by atoms with Crippen LogP contribution in [0.15, 0.2) is 57.3 Å². The third-order valence-corrected chi connectivity index (χ3v) is 5.50. The van der Waals surface area contributed by atoms with Crippen LogP contribution in [0.1, 0.15) is 11.6 Å². The molecule has 0 atom stereocenters. The standard InChI is InChI=1S/C21H19N3O4S/c1-13-23-20-19(17(12-29-20)14-5-7-15(27-2)8-6-14)21(26)24(13)11-18(25)22-10-16-4-3-9-28-16/h3-9,12H,10-11H2,1-2H3,(H,22,25). The van der Waals surface area contributed by atoms with Crippen molar-refractivity contribution in [2.75, 3.05) is 7.11 Å². The average molecular weight is 409 g/mol. The van der Waals surface area contributed by atoms with Crippen LogP contribution in [0.3, 0.4) is 0 Å². The number of rotatable bonds is 6. The Hall–Kier alpha value is -3.39. The molecular weight excluding hydrogens is 390 g/mol. The second-order valence-electron chi connectivity index (χ2n) is 6.46. The molecule has 3 aromatic heterocycles. The van der Waals surface area contributed by atoms with Gasteiger partial charge in [-0.1, -0.05) is 12.1 Å². The molecule has 1 amide bonds. The largest absolute Gasteiger partial charge is 0.497 e. The minimum Gasteiger partial charge on any atom is -0.497 e. The number of aromatic nitrogens is 2. The van der Waals surface area contributed by atoms with E-state index in [1.807, 2.05) is 29.6 Å². The average Bonchev–Trinajstić information content (AvgIpc) is 3.39. The molecule has 148 valence electrons. The zero-order chi connectivity index (χ0) is 20.4. The van der Waals surface area contributed by atoms with Gasteiger partial charge >= 0.3 is 0 Å². The van der Waals surface area contributed by atoms with Crippen LogP contribution in [0.4, 0.5) is 0 Å². The number of hydrogen-bond donors (Lipinski definition) is 1. The number of benzene rings is 1. The van der Waals surface area contributed by atoms with Crippen molar-refractivity contribution in [3.63, 3.8) is 0 Å². The Morgan fingerprint density at radius 2 is 2.07 bits per heavy atom. The molecule has 0 fully saturated rings. The summed E-state index contributed by atoms with van der Waals surface area (Å²) in [6.45, 7) is 1.89. The van der Waals surface area contributed by atoms with Crippen LogP contribution < -0.4 is 15.6 Å². The molecule has 1 aromatic carbocycles. The number of nitrogens with one attached hydrogen (secondary N) is 1. The number of fused-ring (bicyclic) bond motifs is 1. The highest BCUT2D eigenvalue weighted by atomic mass is 32.1. The SMILES string of the molecule is COc1ccc(-c2csc3nc(C)n(CC(=O)NCc4ccco4)c(=O)c23)cc1. The lowest BCUT2D eigenvalue weighted by Crippen LogP contribution is -2.33. The molecular formula is C21H19N3O4S. The maximum atomic E-state index is 13.2. The van der Waals surface area contributed by atoms with Crippen LogP contribution >= 0.6 is 11.3 Å². The summed E-state index contributed by atoms with van der Waals surface area (Å²) >= 11 is 1.41. The highest BCUT2D eigenvalue weighted by Gasteiger charge is 2.17. The van der Waals surface area contributed by atoms with Gasteiger partial charge in [-0.2, -0.15) is 0 Å². The molecule has 1 N–H and O–H groups in total. The van der Waals surface area contributed by atoms with E-state index in [4.69, 9.17) is 9.15 Å². The number of methoxy groups -OCH3 is 1. The van der Waals surface area contributed by atoms with Crippen molar-refractivity contribution in [3.05, 3.63) is 70.0 Å². The van der Waals surface area contributed by atoms with E-state index in [-0.39, 0.29) is 24.6 Å². The zero-order valence-corrected chi connectivity index (χ0v) is 16.8. The molecule has 8 heteroatoms. The number of thiophene rings is 1. The van der Waals surface area contributed by atoms with Gasteiger partial charge in [-0.05, 0) is 36.8 Å². The van der Waals surface area contributed by atoms with Gasteiger partial charge in [-0.15, -0.1) is 11.3 Å². The molecule has 0 radical (unpaired) electrons. The minimum absolute atomic E-state index is 0.105. The van der Waals surface area contributed by atoms with Gasteiger partial charge in [0.2, 0.25) is 5.91 Å². The van der Waals surface area contributed by atoms with Crippen LogP contribution in [-0.2, 0) is 17.9 Å². The molecule has 3 heterocycles. The number of ether oxygens (including phenoxy) is 1. The highest BCUT2D eigenvalue weighted by Crippen LogP contribution is 2.31. The molecule has 0 bridgehead atoms. The van der Waals surface area contributed by atoms with Crippen molar-refractivity contribution in [3.8, 4) is 16.9 Å². The summed E-state index contributed by atoms with van der Waals surface area (Å²) in [6.07, 6.45) is 1.55. The molecule has 0 aliphatic carbocycles. The Kier molecular flexibility index (Phi) is 5.18. The Morgan fingerprint density at radius 3 is 2.76 bits per heavy atom. The maximum Gasteiger partial charge on any atom is 0.263 e. The van der Waals surface area contributed by atoms with Crippen LogP contribution in [0.5, 0.6) is 5.75 Å². The quantitative estimate of drug-likeness (QED) is 0.528. The molecule has 7 nitrogen and oxygen atoms in total. The Labute approximate surface area is 170 Å². The summed E-state index contributed by atoms with van der Waals surface area (Å²) in [5.74, 6) is 1.61. The third kappa shape index (κ3) is 3.79. The van der Waals surface area contributed by atoms with E-state index >= 15 is 0 Å². The number of carbonyl (C=O) groups is 1. The lowest BCUT2D eigenvalue weighted by Gasteiger charge is -2.10. The summed E-state index contributed by atoms with van der Waals surface area (Å²) < 4.78 is 11.8. The van der Waals surface area contributed by atoms with E-state index in [1.54, 1.807) is 32.4 Å². The first kappa shape index (κ1) is 18.9. The van der Waals surface area contributed by atoms with Gasteiger partial charge in [-0.25, -0.2) is 4.98 Å². The summed E-state index contributed by atoms with van der Waals surface area (Å²) in [4.78, 5) is 30.8. The van der Waals surface area contributed by atoms with Gasteiger partial charge < -0.3 is 14.5 Å². The number of aryl methyl sites for hydroxylation is 1. The molecule has 4 rings (SSSR count). The van der Waals surface area contributed by atoms with Crippen LogP contribution in [0.2, 0.25) is 0 Å². The second-order valence-corrected chi connectivity index (χ2v) is 7.32. The fourth-order valence-electron chi connectivity index (χ4n) is 3.09. The smallest absolute Gasteiger partial charge is 0.263 e. The third-order valence-electron chi connectivity index (χ3n) is 4.63. The van der Waals surface area contributed by atoms with E-state index in [9.17, 15) is 9.59 Å². The Balaban J connectivity index is 1.65. The van der Waals surface area contributed by atoms with Gasteiger partial charge in [0.1, 0.15) is 28.7 Å². The number of carbonyl (C=O) groups excluding carboxylic acids is 1. The Morgan fingerprint density at radius 1 is 1.28 bits per heavy atom. The number of furan rings is 1. The van der Waals surface area contributed by atoms with Crippen molar-refractivity contribution < 1.29 is 13.9 Å². The first-order valence-corrected chi connectivity index (χ1v) is 9.87. The van der Waals surface area contributed by atoms with Crippen LogP contribution in [0.25, 0.3) is 21.3 Å². The molecule has 0 aliphatic heterocycles. The lowest BCUT2D eigenvalue weighted by molar-refractivity contribution is -0.122. The summed E-state index contributed by atoms with van der Waals surface area (Å²) in [6, 6.07) is 11.0. The molecule has 0 unspecified atom stereocenters. The molecule has 4 aromatic rings. The van der Waals surface area contributed by atoms with Crippen molar-refractivity contribution in [2.45, 2.75) is 20.0 Å². The maximum absolute atomic E-state index is 13.2. The van der Waals surface area contributed by atoms with Crippen molar-refractivity contribution >= 4 is 27.5 Å². The van der Waals surface area contributed by atoms with E-state index < -0.39 is 0 Å². The zero-order valence-electron chi connectivity index (χ0n) is 16.0. The summed E-state index contributed by atoms with van der Waals surface area (Å²) in [7, 11) is 1.61. The van der Waals surface area contributed by atoms with E-state index in [2.05, 4.69) is 10.3 Å². The fraction of sp³-hybridized carbons (Fsp3) is 0.190. The summed E-state index contributed by atoms with van der Waals surface area (Å²) in [5.41, 5.74) is 1.47. The summed E-state index contributed by atoms with van der Waals surface area (Å²) in [5, 5.41) is 5.19.